The van der Waals surface area contributed by atoms with Crippen molar-refractivity contribution in [3.63, 3.8) is 0 Å². The van der Waals surface area contributed by atoms with Gasteiger partial charge in [-0.1, -0.05) is 32.9 Å². The van der Waals surface area contributed by atoms with Crippen molar-refractivity contribution in [2.75, 3.05) is 31.6 Å². The maximum atomic E-state index is 5.50. The molecule has 21 heavy (non-hydrogen) atoms. The van der Waals surface area contributed by atoms with Crippen molar-refractivity contribution in [3.8, 4) is 0 Å². The fourth-order valence-corrected chi connectivity index (χ4v) is 3.76. The first-order valence-corrected chi connectivity index (χ1v) is 8.91. The largest absolute Gasteiger partial charge is 0.339 e. The molecule has 1 aromatic heterocycles. The first-order valence-electron chi connectivity index (χ1n) is 7.75. The van der Waals surface area contributed by atoms with E-state index in [2.05, 4.69) is 55.1 Å². The van der Waals surface area contributed by atoms with Crippen LogP contribution in [0, 0.1) is 5.41 Å². The molecule has 120 valence electrons. The highest BCUT2D eigenvalue weighted by Crippen LogP contribution is 2.27. The topological polar surface area (TPSA) is 54.2 Å². The van der Waals surface area contributed by atoms with Crippen LogP contribution in [0.1, 0.15) is 45.5 Å². The molecule has 2 rings (SSSR count). The van der Waals surface area contributed by atoms with Crippen LogP contribution < -0.4 is 5.32 Å². The van der Waals surface area contributed by atoms with E-state index in [1.807, 2.05) is 11.8 Å². The van der Waals surface area contributed by atoms with E-state index in [-0.39, 0.29) is 11.5 Å². The van der Waals surface area contributed by atoms with Crippen molar-refractivity contribution in [1.29, 1.82) is 0 Å². The van der Waals surface area contributed by atoms with Crippen LogP contribution in [0.3, 0.4) is 0 Å². The predicted molar refractivity (Wildman–Crippen MR) is 87.6 cm³/mol. The van der Waals surface area contributed by atoms with E-state index in [4.69, 9.17) is 4.52 Å². The summed E-state index contributed by atoms with van der Waals surface area (Å²) in [7, 11) is 2.14. The first-order chi connectivity index (χ1) is 9.91. The number of hydrogen-bond acceptors (Lipinski definition) is 6. The minimum Gasteiger partial charge on any atom is -0.339 e. The fourth-order valence-electron chi connectivity index (χ4n) is 2.55. The third kappa shape index (κ3) is 4.44. The second kappa shape index (κ2) is 7.11. The minimum absolute atomic E-state index is 0.169. The summed E-state index contributed by atoms with van der Waals surface area (Å²) in [6.07, 6.45) is 0.786. The number of likely N-dealkylation sites (N-methyl/N-ethyl adjacent to an activating group) is 1. The summed E-state index contributed by atoms with van der Waals surface area (Å²) < 4.78 is 5.50. The van der Waals surface area contributed by atoms with Gasteiger partial charge < -0.3 is 9.84 Å². The molecule has 2 heterocycles. The molecule has 1 aliphatic heterocycles. The molecule has 6 heteroatoms. The molecule has 1 saturated heterocycles. The highest BCUT2D eigenvalue weighted by atomic mass is 32.2. The standard InChI is InChI=1S/C15H28N4OS/c1-6-16-12(15(2,3)4)9-13-17-14(18-20-13)11-10-21-8-7-19(11)5/h11-12,16H,6-10H2,1-5H3. The zero-order chi connectivity index (χ0) is 15.5. The summed E-state index contributed by atoms with van der Waals surface area (Å²) in [4.78, 5) is 6.96. The van der Waals surface area contributed by atoms with Crippen molar-refractivity contribution >= 4 is 11.8 Å². The van der Waals surface area contributed by atoms with Gasteiger partial charge in [0.15, 0.2) is 5.82 Å². The molecule has 0 amide bonds. The smallest absolute Gasteiger partial charge is 0.228 e. The lowest BCUT2D eigenvalue weighted by molar-refractivity contribution is 0.243. The van der Waals surface area contributed by atoms with Crippen LogP contribution in [-0.4, -0.2) is 52.7 Å². The molecule has 1 N–H and O–H groups in total. The number of nitrogens with zero attached hydrogens (tertiary/aromatic N) is 3. The highest BCUT2D eigenvalue weighted by molar-refractivity contribution is 7.99. The van der Waals surface area contributed by atoms with Crippen LogP contribution in [0.15, 0.2) is 4.52 Å². The van der Waals surface area contributed by atoms with Crippen LogP contribution >= 0.6 is 11.8 Å². The molecule has 0 bridgehead atoms. The normalized spacial score (nSPS) is 22.4. The summed E-state index contributed by atoms with van der Waals surface area (Å²) in [5, 5.41) is 7.74. The third-order valence-electron chi connectivity index (χ3n) is 4.05. The lowest BCUT2D eigenvalue weighted by Crippen LogP contribution is -2.42. The lowest BCUT2D eigenvalue weighted by Gasteiger charge is -2.30. The van der Waals surface area contributed by atoms with E-state index < -0.39 is 0 Å². The Morgan fingerprint density at radius 3 is 2.86 bits per heavy atom. The van der Waals surface area contributed by atoms with Gasteiger partial charge in [-0.3, -0.25) is 4.90 Å². The molecule has 1 aliphatic rings. The summed E-state index contributed by atoms with van der Waals surface area (Å²) in [5.74, 6) is 3.81. The third-order valence-corrected chi connectivity index (χ3v) is 5.08. The van der Waals surface area contributed by atoms with Crippen LogP contribution in [0.2, 0.25) is 0 Å². The number of hydrogen-bond donors (Lipinski definition) is 1. The van der Waals surface area contributed by atoms with Gasteiger partial charge in [-0.05, 0) is 19.0 Å². The van der Waals surface area contributed by atoms with Crippen molar-refractivity contribution in [3.05, 3.63) is 11.7 Å². The van der Waals surface area contributed by atoms with Gasteiger partial charge in [-0.25, -0.2) is 0 Å². The van der Waals surface area contributed by atoms with Crippen LogP contribution in [0.5, 0.6) is 0 Å². The summed E-state index contributed by atoms with van der Waals surface area (Å²) >= 11 is 1.96. The Morgan fingerprint density at radius 2 is 2.24 bits per heavy atom. The van der Waals surface area contributed by atoms with E-state index in [0.717, 1.165) is 37.0 Å². The second-order valence-corrected chi connectivity index (χ2v) is 7.95. The molecule has 1 aromatic rings. The average molecular weight is 312 g/mol. The van der Waals surface area contributed by atoms with Gasteiger partial charge in [-0.15, -0.1) is 0 Å². The quantitative estimate of drug-likeness (QED) is 0.901. The summed E-state index contributed by atoms with van der Waals surface area (Å²) in [6.45, 7) is 10.9. The molecule has 1 fully saturated rings. The van der Waals surface area contributed by atoms with Gasteiger partial charge in [0.2, 0.25) is 5.89 Å². The van der Waals surface area contributed by atoms with Crippen molar-refractivity contribution in [2.24, 2.45) is 5.41 Å². The fraction of sp³-hybridized carbons (Fsp3) is 0.867. The van der Waals surface area contributed by atoms with E-state index in [1.165, 1.54) is 5.75 Å². The molecular formula is C15H28N4OS. The summed E-state index contributed by atoms with van der Waals surface area (Å²) in [6, 6.07) is 0.628. The number of thioether (sulfide) groups is 1. The van der Waals surface area contributed by atoms with E-state index in [9.17, 15) is 0 Å². The molecule has 5 nitrogen and oxygen atoms in total. The number of aromatic nitrogens is 2. The maximum absolute atomic E-state index is 5.50. The van der Waals surface area contributed by atoms with Crippen molar-refractivity contribution in [1.82, 2.24) is 20.4 Å². The van der Waals surface area contributed by atoms with Crippen LogP contribution in [0.25, 0.3) is 0 Å². The number of nitrogens with one attached hydrogen (secondary N) is 1. The van der Waals surface area contributed by atoms with E-state index in [1.54, 1.807) is 0 Å². The molecular weight excluding hydrogens is 284 g/mol. The van der Waals surface area contributed by atoms with E-state index >= 15 is 0 Å². The van der Waals surface area contributed by atoms with E-state index in [0.29, 0.717) is 6.04 Å². The average Bonchev–Trinajstić information content (AvgIpc) is 2.86. The van der Waals surface area contributed by atoms with Gasteiger partial charge in [0.1, 0.15) is 0 Å². The zero-order valence-corrected chi connectivity index (χ0v) is 14.7. The minimum atomic E-state index is 0.169. The Kier molecular flexibility index (Phi) is 5.68. The van der Waals surface area contributed by atoms with Crippen LogP contribution in [0.4, 0.5) is 0 Å². The first kappa shape index (κ1) is 16.8. The Labute approximate surface area is 132 Å². The highest BCUT2D eigenvalue weighted by Gasteiger charge is 2.29. The van der Waals surface area contributed by atoms with Crippen molar-refractivity contribution in [2.45, 2.75) is 46.2 Å². The SMILES string of the molecule is CCNC(Cc1nc(C2CSCCN2C)no1)C(C)(C)C. The van der Waals surface area contributed by atoms with Crippen LogP contribution in [-0.2, 0) is 6.42 Å². The molecule has 0 aliphatic carbocycles. The van der Waals surface area contributed by atoms with Gasteiger partial charge in [0.25, 0.3) is 0 Å². The molecule has 0 spiro atoms. The Morgan fingerprint density at radius 1 is 1.48 bits per heavy atom. The second-order valence-electron chi connectivity index (χ2n) is 6.80. The predicted octanol–water partition coefficient (Wildman–Crippen LogP) is 2.36. The molecule has 0 aromatic carbocycles. The van der Waals surface area contributed by atoms with Gasteiger partial charge in [0.05, 0.1) is 6.04 Å². The van der Waals surface area contributed by atoms with Gasteiger partial charge in [0, 0.05) is 30.5 Å². The summed E-state index contributed by atoms with van der Waals surface area (Å²) in [5.41, 5.74) is 0.169. The molecule has 2 unspecified atom stereocenters. The molecule has 2 atom stereocenters. The molecule has 0 radical (unpaired) electrons. The monoisotopic (exact) mass is 312 g/mol. The molecule has 0 saturated carbocycles. The Balaban J connectivity index is 2.05. The van der Waals surface area contributed by atoms with Crippen molar-refractivity contribution < 1.29 is 4.52 Å². The Bertz CT molecular complexity index is 443. The van der Waals surface area contributed by atoms with Gasteiger partial charge >= 0.3 is 0 Å². The number of rotatable bonds is 5. The zero-order valence-electron chi connectivity index (χ0n) is 13.8. The Hall–Kier alpha value is -0.590. The van der Waals surface area contributed by atoms with Gasteiger partial charge in [-0.2, -0.15) is 16.7 Å². The lowest BCUT2D eigenvalue weighted by atomic mass is 9.84. The maximum Gasteiger partial charge on any atom is 0.228 e.